The number of benzene rings is 1. The molecule has 3 N–H and O–H groups in total. The van der Waals surface area contributed by atoms with Crippen molar-refractivity contribution in [1.82, 2.24) is 10.0 Å². The SMILES string of the molecule is CCCNS(=O)(=O)c1ccc(NC(=O)CC(C)C2CCCNC2)cc1. The second-order valence-electron chi connectivity index (χ2n) is 6.76. The molecule has 1 amide bonds. The molecule has 0 aliphatic carbocycles. The van der Waals surface area contributed by atoms with Crippen LogP contribution in [0.1, 0.15) is 39.5 Å². The summed E-state index contributed by atoms with van der Waals surface area (Å²) in [5.41, 5.74) is 0.619. The van der Waals surface area contributed by atoms with Crippen molar-refractivity contribution in [3.63, 3.8) is 0 Å². The third-order valence-corrected chi connectivity index (χ3v) is 6.11. The topological polar surface area (TPSA) is 87.3 Å². The molecule has 0 bridgehead atoms. The minimum Gasteiger partial charge on any atom is -0.326 e. The average molecular weight is 368 g/mol. The predicted molar refractivity (Wildman–Crippen MR) is 99.9 cm³/mol. The second-order valence-corrected chi connectivity index (χ2v) is 8.53. The van der Waals surface area contributed by atoms with Crippen molar-refractivity contribution in [2.75, 3.05) is 25.0 Å². The Kier molecular flexibility index (Phi) is 7.40. The Labute approximate surface area is 150 Å². The van der Waals surface area contributed by atoms with Gasteiger partial charge in [0.2, 0.25) is 15.9 Å². The molecule has 1 heterocycles. The maximum atomic E-state index is 12.2. The van der Waals surface area contributed by atoms with Crippen LogP contribution >= 0.6 is 0 Å². The average Bonchev–Trinajstić information content (AvgIpc) is 2.61. The van der Waals surface area contributed by atoms with E-state index in [2.05, 4.69) is 22.3 Å². The van der Waals surface area contributed by atoms with Crippen molar-refractivity contribution >= 4 is 21.6 Å². The van der Waals surface area contributed by atoms with Gasteiger partial charge in [0.25, 0.3) is 0 Å². The summed E-state index contributed by atoms with van der Waals surface area (Å²) in [6.07, 6.45) is 3.55. The molecule has 2 atom stereocenters. The molecule has 1 aromatic carbocycles. The highest BCUT2D eigenvalue weighted by Crippen LogP contribution is 2.23. The number of hydrogen-bond donors (Lipinski definition) is 3. The monoisotopic (exact) mass is 367 g/mol. The van der Waals surface area contributed by atoms with Gasteiger partial charge >= 0.3 is 0 Å². The van der Waals surface area contributed by atoms with Crippen molar-refractivity contribution in [1.29, 1.82) is 0 Å². The highest BCUT2D eigenvalue weighted by molar-refractivity contribution is 7.89. The number of amides is 1. The largest absolute Gasteiger partial charge is 0.326 e. The van der Waals surface area contributed by atoms with E-state index in [1.165, 1.54) is 25.0 Å². The highest BCUT2D eigenvalue weighted by Gasteiger charge is 2.22. The van der Waals surface area contributed by atoms with Gasteiger partial charge in [-0.2, -0.15) is 0 Å². The Balaban J connectivity index is 1.88. The van der Waals surface area contributed by atoms with Crippen molar-refractivity contribution < 1.29 is 13.2 Å². The normalized spacial score (nSPS) is 19.4. The van der Waals surface area contributed by atoms with Crippen LogP contribution in [0.15, 0.2) is 29.2 Å². The first-order chi connectivity index (χ1) is 11.9. The summed E-state index contributed by atoms with van der Waals surface area (Å²) in [7, 11) is -3.47. The lowest BCUT2D eigenvalue weighted by Gasteiger charge is -2.28. The Morgan fingerprint density at radius 3 is 2.64 bits per heavy atom. The van der Waals surface area contributed by atoms with Gasteiger partial charge in [0, 0.05) is 18.7 Å². The molecule has 25 heavy (non-hydrogen) atoms. The van der Waals surface area contributed by atoms with E-state index in [1.807, 2.05) is 6.92 Å². The molecule has 1 aliphatic heterocycles. The van der Waals surface area contributed by atoms with Crippen molar-refractivity contribution in [3.8, 4) is 0 Å². The number of sulfonamides is 1. The van der Waals surface area contributed by atoms with Gasteiger partial charge in [-0.25, -0.2) is 13.1 Å². The molecule has 0 aromatic heterocycles. The van der Waals surface area contributed by atoms with Gasteiger partial charge in [0.1, 0.15) is 0 Å². The summed E-state index contributed by atoms with van der Waals surface area (Å²) < 4.78 is 26.6. The molecule has 1 aromatic rings. The number of rotatable bonds is 8. The molecule has 7 heteroatoms. The fourth-order valence-corrected chi connectivity index (χ4v) is 4.21. The lowest BCUT2D eigenvalue weighted by Crippen LogP contribution is -2.34. The molecule has 2 unspecified atom stereocenters. The van der Waals surface area contributed by atoms with E-state index < -0.39 is 10.0 Å². The van der Waals surface area contributed by atoms with Crippen LogP contribution in [0.2, 0.25) is 0 Å². The second kappa shape index (κ2) is 9.31. The van der Waals surface area contributed by atoms with Gasteiger partial charge in [0.05, 0.1) is 4.90 Å². The van der Waals surface area contributed by atoms with Crippen LogP contribution < -0.4 is 15.4 Å². The smallest absolute Gasteiger partial charge is 0.240 e. The third kappa shape index (κ3) is 6.09. The molecule has 0 spiro atoms. The number of carbonyl (C=O) groups excluding carboxylic acids is 1. The minimum atomic E-state index is -3.47. The zero-order valence-corrected chi connectivity index (χ0v) is 15.9. The van der Waals surface area contributed by atoms with Crippen molar-refractivity contribution in [2.45, 2.75) is 44.4 Å². The first-order valence-electron chi connectivity index (χ1n) is 9.02. The summed E-state index contributed by atoms with van der Waals surface area (Å²) in [5.74, 6) is 0.833. The fourth-order valence-electron chi connectivity index (χ4n) is 3.07. The number of carbonyl (C=O) groups is 1. The third-order valence-electron chi connectivity index (χ3n) is 4.64. The van der Waals surface area contributed by atoms with E-state index in [0.29, 0.717) is 30.5 Å². The number of piperidine rings is 1. The summed E-state index contributed by atoms with van der Waals surface area (Å²) >= 11 is 0. The Morgan fingerprint density at radius 2 is 2.04 bits per heavy atom. The van der Waals surface area contributed by atoms with E-state index in [9.17, 15) is 13.2 Å². The summed E-state index contributed by atoms with van der Waals surface area (Å²) in [6, 6.07) is 6.29. The van der Waals surface area contributed by atoms with E-state index in [-0.39, 0.29) is 10.8 Å². The van der Waals surface area contributed by atoms with Crippen LogP contribution in [-0.2, 0) is 14.8 Å². The van der Waals surface area contributed by atoms with Gasteiger partial charge in [-0.1, -0.05) is 13.8 Å². The Morgan fingerprint density at radius 1 is 1.32 bits per heavy atom. The number of nitrogens with one attached hydrogen (secondary N) is 3. The predicted octanol–water partition coefficient (Wildman–Crippen LogP) is 2.34. The van der Waals surface area contributed by atoms with E-state index in [1.54, 1.807) is 12.1 Å². The highest BCUT2D eigenvalue weighted by atomic mass is 32.2. The molecular formula is C18H29N3O3S. The Bertz CT molecular complexity index is 653. The lowest BCUT2D eigenvalue weighted by atomic mass is 9.85. The van der Waals surface area contributed by atoms with Crippen LogP contribution in [0.3, 0.4) is 0 Å². The lowest BCUT2D eigenvalue weighted by molar-refractivity contribution is -0.117. The zero-order valence-electron chi connectivity index (χ0n) is 15.0. The molecule has 1 fully saturated rings. The van der Waals surface area contributed by atoms with E-state index in [4.69, 9.17) is 0 Å². The molecular weight excluding hydrogens is 338 g/mol. The minimum absolute atomic E-state index is 0.0298. The molecule has 1 aliphatic rings. The molecule has 6 nitrogen and oxygen atoms in total. The first kappa shape index (κ1) is 19.9. The molecule has 1 saturated heterocycles. The van der Waals surface area contributed by atoms with Gasteiger partial charge < -0.3 is 10.6 Å². The van der Waals surface area contributed by atoms with Crippen molar-refractivity contribution in [2.24, 2.45) is 11.8 Å². The fraction of sp³-hybridized carbons (Fsp3) is 0.611. The Hall–Kier alpha value is -1.44. The summed E-state index contributed by atoms with van der Waals surface area (Å²) in [4.78, 5) is 12.4. The van der Waals surface area contributed by atoms with Crippen LogP contribution in [0.25, 0.3) is 0 Å². The number of hydrogen-bond acceptors (Lipinski definition) is 4. The summed E-state index contributed by atoms with van der Waals surface area (Å²) in [6.45, 7) is 6.48. The maximum Gasteiger partial charge on any atom is 0.240 e. The first-order valence-corrected chi connectivity index (χ1v) is 10.5. The van der Waals surface area contributed by atoms with Crippen LogP contribution in [0.5, 0.6) is 0 Å². The van der Waals surface area contributed by atoms with E-state index in [0.717, 1.165) is 19.5 Å². The maximum absolute atomic E-state index is 12.2. The zero-order chi connectivity index (χ0) is 18.3. The van der Waals surface area contributed by atoms with E-state index >= 15 is 0 Å². The van der Waals surface area contributed by atoms with Gasteiger partial charge in [-0.05, 0) is 68.5 Å². The van der Waals surface area contributed by atoms with Crippen LogP contribution in [0.4, 0.5) is 5.69 Å². The van der Waals surface area contributed by atoms with Gasteiger partial charge in [0.15, 0.2) is 0 Å². The van der Waals surface area contributed by atoms with Crippen LogP contribution in [-0.4, -0.2) is 34.0 Å². The van der Waals surface area contributed by atoms with Crippen molar-refractivity contribution in [3.05, 3.63) is 24.3 Å². The van der Waals surface area contributed by atoms with Gasteiger partial charge in [-0.3, -0.25) is 4.79 Å². The van der Waals surface area contributed by atoms with Gasteiger partial charge in [-0.15, -0.1) is 0 Å². The summed E-state index contributed by atoms with van der Waals surface area (Å²) in [5, 5.41) is 6.24. The number of anilines is 1. The molecule has 0 saturated carbocycles. The quantitative estimate of drug-likeness (QED) is 0.658. The molecule has 2 rings (SSSR count). The standard InChI is InChI=1S/C18H29N3O3S/c1-3-10-20-25(23,24)17-8-6-16(7-9-17)21-18(22)12-14(2)15-5-4-11-19-13-15/h6-9,14-15,19-20H,3-5,10-13H2,1-2H3,(H,21,22). The molecule has 140 valence electrons. The van der Waals surface area contributed by atoms with Crippen LogP contribution in [0, 0.1) is 11.8 Å². The molecule has 0 radical (unpaired) electrons.